The summed E-state index contributed by atoms with van der Waals surface area (Å²) in [6.07, 6.45) is 2.78. The second-order valence-electron chi connectivity index (χ2n) is 5.59. The molecule has 122 valence electrons. The van der Waals surface area contributed by atoms with E-state index in [0.29, 0.717) is 12.3 Å². The van der Waals surface area contributed by atoms with Crippen molar-refractivity contribution in [2.75, 3.05) is 6.26 Å². The number of carboxylic acids is 1. The highest BCUT2D eigenvalue weighted by molar-refractivity contribution is 7.96. The van der Waals surface area contributed by atoms with Gasteiger partial charge in [0.2, 0.25) is 5.91 Å². The number of benzene rings is 1. The minimum Gasteiger partial charge on any atom is -0.480 e. The molecule has 6 heteroatoms. The first-order chi connectivity index (χ1) is 10.4. The van der Waals surface area contributed by atoms with Gasteiger partial charge in [0.15, 0.2) is 0 Å². The molecule has 1 amide bonds. The predicted molar refractivity (Wildman–Crippen MR) is 89.6 cm³/mol. The normalized spacial score (nSPS) is 13.6. The van der Waals surface area contributed by atoms with Crippen LogP contribution < -0.4 is 10.0 Å². The van der Waals surface area contributed by atoms with Gasteiger partial charge in [-0.25, -0.2) is 4.79 Å². The van der Waals surface area contributed by atoms with Crippen molar-refractivity contribution < 1.29 is 14.7 Å². The SMILES string of the molecule is CSN[C@@H](CC(C)C)C(=O)N[C@@H](Cc1ccccc1)C(=O)O. The number of hydrogen-bond acceptors (Lipinski definition) is 4. The molecule has 0 heterocycles. The zero-order valence-corrected chi connectivity index (χ0v) is 14.0. The maximum Gasteiger partial charge on any atom is 0.326 e. The lowest BCUT2D eigenvalue weighted by Crippen LogP contribution is -2.50. The zero-order valence-electron chi connectivity index (χ0n) is 13.2. The molecule has 0 aromatic heterocycles. The fourth-order valence-electron chi connectivity index (χ4n) is 2.14. The first kappa shape index (κ1) is 18.5. The molecular formula is C16H24N2O3S. The number of carbonyl (C=O) groups excluding carboxylic acids is 1. The van der Waals surface area contributed by atoms with Crippen LogP contribution in [0.2, 0.25) is 0 Å². The number of aliphatic carboxylic acids is 1. The maximum atomic E-state index is 12.3. The summed E-state index contributed by atoms with van der Waals surface area (Å²) in [6, 6.07) is 7.97. The summed E-state index contributed by atoms with van der Waals surface area (Å²) in [6.45, 7) is 4.06. The van der Waals surface area contributed by atoms with Gasteiger partial charge in [0.25, 0.3) is 0 Å². The molecule has 0 saturated heterocycles. The van der Waals surface area contributed by atoms with E-state index in [-0.39, 0.29) is 12.3 Å². The van der Waals surface area contributed by atoms with E-state index in [1.165, 1.54) is 11.9 Å². The molecule has 5 nitrogen and oxygen atoms in total. The van der Waals surface area contributed by atoms with Crippen LogP contribution in [-0.4, -0.2) is 35.3 Å². The van der Waals surface area contributed by atoms with Crippen LogP contribution in [-0.2, 0) is 16.0 Å². The number of carboxylic acid groups (broad SMARTS) is 1. The number of carbonyl (C=O) groups is 2. The lowest BCUT2D eigenvalue weighted by Gasteiger charge is -2.22. The molecule has 1 rings (SSSR count). The quantitative estimate of drug-likeness (QED) is 0.606. The lowest BCUT2D eigenvalue weighted by atomic mass is 10.0. The number of nitrogens with one attached hydrogen (secondary N) is 2. The second kappa shape index (κ2) is 9.48. The van der Waals surface area contributed by atoms with Crippen molar-refractivity contribution in [3.8, 4) is 0 Å². The molecule has 0 unspecified atom stereocenters. The molecule has 0 aliphatic heterocycles. The monoisotopic (exact) mass is 324 g/mol. The average molecular weight is 324 g/mol. The van der Waals surface area contributed by atoms with Crippen molar-refractivity contribution in [1.29, 1.82) is 0 Å². The van der Waals surface area contributed by atoms with Gasteiger partial charge in [0.05, 0.1) is 6.04 Å². The Morgan fingerprint density at radius 2 is 1.82 bits per heavy atom. The highest BCUT2D eigenvalue weighted by Crippen LogP contribution is 2.09. The summed E-state index contributed by atoms with van der Waals surface area (Å²) in [7, 11) is 0. The Kier molecular flexibility index (Phi) is 7.98. The van der Waals surface area contributed by atoms with Crippen molar-refractivity contribution in [2.45, 2.75) is 38.8 Å². The third kappa shape index (κ3) is 6.49. The number of rotatable bonds is 9. The zero-order chi connectivity index (χ0) is 16.5. The van der Waals surface area contributed by atoms with Gasteiger partial charge in [-0.3, -0.25) is 9.52 Å². The molecule has 2 atom stereocenters. The maximum absolute atomic E-state index is 12.3. The molecule has 0 radical (unpaired) electrons. The highest BCUT2D eigenvalue weighted by Gasteiger charge is 2.25. The molecule has 0 spiro atoms. The molecule has 0 fully saturated rings. The summed E-state index contributed by atoms with van der Waals surface area (Å²) >= 11 is 1.36. The molecule has 0 bridgehead atoms. The summed E-state index contributed by atoms with van der Waals surface area (Å²) in [5, 5.41) is 12.0. The van der Waals surface area contributed by atoms with E-state index in [1.807, 2.05) is 50.4 Å². The van der Waals surface area contributed by atoms with Crippen molar-refractivity contribution in [2.24, 2.45) is 5.92 Å². The summed E-state index contributed by atoms with van der Waals surface area (Å²) < 4.78 is 3.03. The standard InChI is InChI=1S/C16H24N2O3S/c1-11(2)9-13(18-22-3)15(19)17-14(16(20)21)10-12-7-5-4-6-8-12/h4-8,11,13-14,18H,9-10H2,1-3H3,(H,17,19)(H,20,21)/t13-,14-/m0/s1. The fraction of sp³-hybridized carbons (Fsp3) is 0.500. The van der Waals surface area contributed by atoms with E-state index in [2.05, 4.69) is 10.0 Å². The van der Waals surface area contributed by atoms with Gasteiger partial charge in [-0.05, 0) is 24.2 Å². The van der Waals surface area contributed by atoms with Gasteiger partial charge in [0, 0.05) is 6.42 Å². The first-order valence-corrected chi connectivity index (χ1v) is 8.52. The van der Waals surface area contributed by atoms with Crippen molar-refractivity contribution in [1.82, 2.24) is 10.0 Å². The van der Waals surface area contributed by atoms with Crippen molar-refractivity contribution in [3.05, 3.63) is 35.9 Å². The Labute approximate surface area is 136 Å². The Balaban J connectivity index is 2.72. The Morgan fingerprint density at radius 3 is 2.32 bits per heavy atom. The fourth-order valence-corrected chi connectivity index (χ4v) is 2.63. The van der Waals surface area contributed by atoms with Gasteiger partial charge >= 0.3 is 5.97 Å². The predicted octanol–water partition coefficient (Wildman–Crippen LogP) is 2.08. The molecule has 3 N–H and O–H groups in total. The Hall–Kier alpha value is -1.53. The van der Waals surface area contributed by atoms with Crippen LogP contribution in [0.3, 0.4) is 0 Å². The Bertz CT molecular complexity index is 480. The molecule has 0 aliphatic rings. The topological polar surface area (TPSA) is 78.4 Å². The molecule has 0 aliphatic carbocycles. The number of hydrogen-bond donors (Lipinski definition) is 3. The van der Waals surface area contributed by atoms with Crippen molar-refractivity contribution in [3.63, 3.8) is 0 Å². The molecular weight excluding hydrogens is 300 g/mol. The summed E-state index contributed by atoms with van der Waals surface area (Å²) in [5.74, 6) is -0.955. The van der Waals surface area contributed by atoms with E-state index in [4.69, 9.17) is 0 Å². The smallest absolute Gasteiger partial charge is 0.326 e. The van der Waals surface area contributed by atoms with Gasteiger partial charge in [0.1, 0.15) is 6.04 Å². The van der Waals surface area contributed by atoms with Crippen LogP contribution in [0.25, 0.3) is 0 Å². The summed E-state index contributed by atoms with van der Waals surface area (Å²) in [4.78, 5) is 23.7. The molecule has 1 aromatic rings. The van der Waals surface area contributed by atoms with E-state index in [9.17, 15) is 14.7 Å². The summed E-state index contributed by atoms with van der Waals surface area (Å²) in [5.41, 5.74) is 0.883. The Morgan fingerprint density at radius 1 is 1.18 bits per heavy atom. The van der Waals surface area contributed by atoms with Crippen LogP contribution in [0.4, 0.5) is 0 Å². The van der Waals surface area contributed by atoms with Gasteiger partial charge in [-0.2, -0.15) is 0 Å². The minimum atomic E-state index is -1.02. The lowest BCUT2D eigenvalue weighted by molar-refractivity contribution is -0.142. The highest BCUT2D eigenvalue weighted by atomic mass is 32.2. The van der Waals surface area contributed by atoms with Crippen LogP contribution in [0.1, 0.15) is 25.8 Å². The van der Waals surface area contributed by atoms with Crippen LogP contribution in [0.5, 0.6) is 0 Å². The molecule has 1 aromatic carbocycles. The number of amides is 1. The second-order valence-corrected chi connectivity index (χ2v) is 6.24. The van der Waals surface area contributed by atoms with Gasteiger partial charge in [-0.15, -0.1) is 0 Å². The first-order valence-electron chi connectivity index (χ1n) is 7.29. The van der Waals surface area contributed by atoms with E-state index in [0.717, 1.165) is 5.56 Å². The van der Waals surface area contributed by atoms with Crippen LogP contribution in [0, 0.1) is 5.92 Å². The molecule has 0 saturated carbocycles. The van der Waals surface area contributed by atoms with E-state index >= 15 is 0 Å². The third-order valence-electron chi connectivity index (χ3n) is 3.18. The van der Waals surface area contributed by atoms with Gasteiger partial charge in [-0.1, -0.05) is 56.1 Å². The average Bonchev–Trinajstić information content (AvgIpc) is 2.46. The van der Waals surface area contributed by atoms with E-state index < -0.39 is 18.1 Å². The third-order valence-corrected chi connectivity index (χ3v) is 3.70. The van der Waals surface area contributed by atoms with E-state index in [1.54, 1.807) is 0 Å². The largest absolute Gasteiger partial charge is 0.480 e. The minimum absolute atomic E-state index is 0.272. The van der Waals surface area contributed by atoms with Crippen LogP contribution >= 0.6 is 11.9 Å². The molecule has 22 heavy (non-hydrogen) atoms. The van der Waals surface area contributed by atoms with Crippen molar-refractivity contribution >= 4 is 23.8 Å². The van der Waals surface area contributed by atoms with Crippen LogP contribution in [0.15, 0.2) is 30.3 Å². The van der Waals surface area contributed by atoms with Gasteiger partial charge < -0.3 is 10.4 Å².